The summed E-state index contributed by atoms with van der Waals surface area (Å²) in [7, 11) is 0. The van der Waals surface area contributed by atoms with Crippen LogP contribution in [0.3, 0.4) is 0 Å². The number of hydrogen-bond donors (Lipinski definition) is 1. The minimum Gasteiger partial charge on any atom is -0.335 e. The van der Waals surface area contributed by atoms with Crippen LogP contribution in [0.5, 0.6) is 0 Å². The van der Waals surface area contributed by atoms with Crippen LogP contribution in [0.4, 0.5) is 22.0 Å². The van der Waals surface area contributed by atoms with E-state index in [1.165, 1.54) is 40.9 Å². The molecule has 1 N–H and O–H groups in total. The van der Waals surface area contributed by atoms with Gasteiger partial charge in [-0.3, -0.25) is 15.1 Å². The Labute approximate surface area is 195 Å². The molecule has 4 nitrogen and oxygen atoms in total. The normalized spacial score (nSPS) is 21.9. The van der Waals surface area contributed by atoms with Crippen LogP contribution in [-0.4, -0.2) is 42.1 Å². The van der Waals surface area contributed by atoms with Crippen molar-refractivity contribution >= 4 is 35.0 Å². The van der Waals surface area contributed by atoms with Gasteiger partial charge in [0.05, 0.1) is 24.5 Å². The third-order valence-electron chi connectivity index (χ3n) is 5.60. The van der Waals surface area contributed by atoms with Crippen LogP contribution in [0.2, 0.25) is 5.02 Å². The summed E-state index contributed by atoms with van der Waals surface area (Å²) in [5.74, 6) is -0.813. The van der Waals surface area contributed by atoms with Crippen molar-refractivity contribution < 1.29 is 31.6 Å². The molecule has 1 fully saturated rings. The van der Waals surface area contributed by atoms with Crippen molar-refractivity contribution in [1.29, 1.82) is 0 Å². The Hall–Kier alpha value is -2.30. The molecule has 2 heterocycles. The lowest BCUT2D eigenvalue weighted by Gasteiger charge is -2.44. The molecule has 0 aliphatic carbocycles. The summed E-state index contributed by atoms with van der Waals surface area (Å²) in [5.41, 5.74) is -2.33. The van der Waals surface area contributed by atoms with E-state index in [1.54, 1.807) is 6.26 Å². The van der Waals surface area contributed by atoms with E-state index < -0.39 is 28.8 Å². The van der Waals surface area contributed by atoms with Crippen LogP contribution < -0.4 is 5.48 Å². The second-order valence-corrected chi connectivity index (χ2v) is 9.18. The molecule has 2 aliphatic heterocycles. The Morgan fingerprint density at radius 1 is 1.18 bits per heavy atom. The molecule has 0 radical (unpaired) electrons. The highest BCUT2D eigenvalue weighted by Gasteiger charge is 2.59. The van der Waals surface area contributed by atoms with E-state index in [0.717, 1.165) is 18.2 Å². The standard InChI is InChI=1S/C22H18ClF5N2O2S/c1-33-10-19(31)30-11-20(25,12-30)14-4-2-13(3-5-14)18-9-21(32-29-18,22(26,27)28)15-6-16(23)8-17(24)7-15/h2-9,29H,10-12H2,1H3. The maximum Gasteiger partial charge on any atom is 0.428 e. The fraction of sp³-hybridized carbons (Fsp3) is 0.318. The van der Waals surface area contributed by atoms with Gasteiger partial charge in [-0.05, 0) is 41.7 Å². The quantitative estimate of drug-likeness (QED) is 0.570. The molecule has 2 aromatic carbocycles. The number of benzene rings is 2. The van der Waals surface area contributed by atoms with Gasteiger partial charge in [0.2, 0.25) is 11.5 Å². The molecular formula is C22H18ClF5N2O2S. The number of thioether (sulfide) groups is 1. The van der Waals surface area contributed by atoms with Crippen LogP contribution in [0.1, 0.15) is 16.7 Å². The Morgan fingerprint density at radius 3 is 2.42 bits per heavy atom. The minimum atomic E-state index is -4.93. The number of alkyl halides is 4. The van der Waals surface area contributed by atoms with Crippen molar-refractivity contribution in [2.45, 2.75) is 17.4 Å². The number of carbonyl (C=O) groups excluding carboxylic acids is 1. The van der Waals surface area contributed by atoms with Crippen molar-refractivity contribution in [1.82, 2.24) is 10.4 Å². The zero-order valence-corrected chi connectivity index (χ0v) is 18.8. The van der Waals surface area contributed by atoms with Gasteiger partial charge in [0.1, 0.15) is 5.82 Å². The minimum absolute atomic E-state index is 0.0162. The first-order valence-corrected chi connectivity index (χ1v) is 11.5. The molecule has 1 amide bonds. The Kier molecular flexibility index (Phi) is 6.13. The predicted molar refractivity (Wildman–Crippen MR) is 116 cm³/mol. The second kappa shape index (κ2) is 8.48. The molecule has 2 aromatic rings. The summed E-state index contributed by atoms with van der Waals surface area (Å²) >= 11 is 7.11. The predicted octanol–water partition coefficient (Wildman–Crippen LogP) is 5.18. The van der Waals surface area contributed by atoms with Crippen LogP contribution in [0, 0.1) is 5.82 Å². The van der Waals surface area contributed by atoms with Crippen molar-refractivity contribution in [2.24, 2.45) is 0 Å². The number of hydrogen-bond acceptors (Lipinski definition) is 4. The highest BCUT2D eigenvalue weighted by molar-refractivity contribution is 7.99. The Balaban J connectivity index is 1.59. The second-order valence-electron chi connectivity index (χ2n) is 7.88. The lowest BCUT2D eigenvalue weighted by Crippen LogP contribution is -2.59. The van der Waals surface area contributed by atoms with Crippen molar-refractivity contribution in [3.05, 3.63) is 76.1 Å². The average Bonchev–Trinajstić information content (AvgIpc) is 3.18. The van der Waals surface area contributed by atoms with Gasteiger partial charge in [-0.15, -0.1) is 0 Å². The van der Waals surface area contributed by atoms with E-state index >= 15 is 4.39 Å². The molecule has 11 heteroatoms. The molecule has 33 heavy (non-hydrogen) atoms. The number of amides is 1. The first-order chi connectivity index (χ1) is 15.5. The topological polar surface area (TPSA) is 41.6 Å². The molecule has 1 atom stereocenters. The average molecular weight is 505 g/mol. The Morgan fingerprint density at radius 2 is 1.85 bits per heavy atom. The first-order valence-electron chi connectivity index (χ1n) is 9.74. The summed E-state index contributed by atoms with van der Waals surface area (Å²) in [6.07, 6.45) is -2.35. The van der Waals surface area contributed by atoms with Crippen LogP contribution in [0.25, 0.3) is 5.70 Å². The summed E-state index contributed by atoms with van der Waals surface area (Å²) in [4.78, 5) is 18.2. The number of carbonyl (C=O) groups is 1. The number of halogens is 6. The lowest BCUT2D eigenvalue weighted by molar-refractivity contribution is -0.269. The van der Waals surface area contributed by atoms with Gasteiger partial charge < -0.3 is 4.90 Å². The third-order valence-corrected chi connectivity index (χ3v) is 6.35. The van der Waals surface area contributed by atoms with Gasteiger partial charge in [-0.25, -0.2) is 8.78 Å². The Bertz CT molecular complexity index is 1080. The van der Waals surface area contributed by atoms with Gasteiger partial charge in [-0.1, -0.05) is 35.9 Å². The fourth-order valence-corrected chi connectivity index (χ4v) is 4.49. The SMILES string of the molecule is CSCC(=O)N1CC(F)(c2ccc(C3=CC(c4cc(F)cc(Cl)c4)(C(F)(F)F)ON3)cc2)C1. The van der Waals surface area contributed by atoms with Gasteiger partial charge in [0.15, 0.2) is 5.67 Å². The largest absolute Gasteiger partial charge is 0.428 e. The van der Waals surface area contributed by atoms with Crippen molar-refractivity contribution in [2.75, 3.05) is 25.1 Å². The van der Waals surface area contributed by atoms with E-state index in [1.807, 2.05) is 0 Å². The van der Waals surface area contributed by atoms with Gasteiger partial charge >= 0.3 is 6.18 Å². The molecule has 176 valence electrons. The monoisotopic (exact) mass is 504 g/mol. The molecule has 0 aromatic heterocycles. The first kappa shape index (κ1) is 23.8. The number of rotatable bonds is 5. The van der Waals surface area contributed by atoms with E-state index in [9.17, 15) is 22.4 Å². The fourth-order valence-electron chi connectivity index (χ4n) is 3.83. The maximum absolute atomic E-state index is 15.1. The lowest BCUT2D eigenvalue weighted by atomic mass is 9.87. The molecule has 0 saturated carbocycles. The van der Waals surface area contributed by atoms with E-state index in [0.29, 0.717) is 17.2 Å². The summed E-state index contributed by atoms with van der Waals surface area (Å²) in [6.45, 7) is -0.152. The molecule has 0 spiro atoms. The van der Waals surface area contributed by atoms with Gasteiger partial charge in [-0.2, -0.15) is 24.9 Å². The van der Waals surface area contributed by atoms with E-state index in [2.05, 4.69) is 5.48 Å². The van der Waals surface area contributed by atoms with Crippen LogP contribution >= 0.6 is 23.4 Å². The summed E-state index contributed by atoms with van der Waals surface area (Å²) in [5, 5.41) is -0.206. The number of hydroxylamine groups is 1. The third kappa shape index (κ3) is 4.31. The van der Waals surface area contributed by atoms with Gasteiger partial charge in [0.25, 0.3) is 0 Å². The van der Waals surface area contributed by atoms with Crippen LogP contribution in [0.15, 0.2) is 48.5 Å². The number of nitrogens with one attached hydrogen (secondary N) is 1. The zero-order valence-electron chi connectivity index (χ0n) is 17.2. The molecule has 1 unspecified atom stereocenters. The van der Waals surface area contributed by atoms with E-state index in [-0.39, 0.29) is 35.5 Å². The highest BCUT2D eigenvalue weighted by Crippen LogP contribution is 2.48. The summed E-state index contributed by atoms with van der Waals surface area (Å²) in [6, 6.07) is 8.41. The highest BCUT2D eigenvalue weighted by atomic mass is 35.5. The maximum atomic E-state index is 15.1. The molecule has 2 aliphatic rings. The smallest absolute Gasteiger partial charge is 0.335 e. The van der Waals surface area contributed by atoms with Crippen molar-refractivity contribution in [3.8, 4) is 0 Å². The zero-order chi connectivity index (χ0) is 24.0. The molecule has 4 rings (SSSR count). The van der Waals surface area contributed by atoms with Crippen LogP contribution in [-0.2, 0) is 20.9 Å². The van der Waals surface area contributed by atoms with Crippen molar-refractivity contribution in [3.63, 3.8) is 0 Å². The van der Waals surface area contributed by atoms with Gasteiger partial charge in [0, 0.05) is 10.6 Å². The number of likely N-dealkylation sites (tertiary alicyclic amines) is 1. The van der Waals surface area contributed by atoms with E-state index in [4.69, 9.17) is 16.4 Å². The number of nitrogens with zero attached hydrogens (tertiary/aromatic N) is 1. The summed E-state index contributed by atoms with van der Waals surface area (Å²) < 4.78 is 71.0. The molecular weight excluding hydrogens is 487 g/mol. The molecule has 1 saturated heterocycles. The molecule has 0 bridgehead atoms.